The molecular weight excluding hydrogens is 282 g/mol. The summed E-state index contributed by atoms with van der Waals surface area (Å²) in [6, 6.07) is 1.69. The van der Waals surface area contributed by atoms with E-state index >= 15 is 0 Å². The van der Waals surface area contributed by atoms with Crippen LogP contribution in [0.4, 0.5) is 0 Å². The summed E-state index contributed by atoms with van der Waals surface area (Å²) in [7, 11) is 1.31. The molecule has 0 spiro atoms. The number of fused-ring (bicyclic) bond motifs is 1. The van der Waals surface area contributed by atoms with Gasteiger partial charge in [0.1, 0.15) is 5.15 Å². The summed E-state index contributed by atoms with van der Waals surface area (Å²) in [5.74, 6) is -0.526. The molecule has 0 aliphatic carbocycles. The van der Waals surface area contributed by atoms with Crippen LogP contribution in [0, 0.1) is 0 Å². The molecule has 1 atom stereocenters. The monoisotopic (exact) mass is 295 g/mol. The second-order valence-electron chi connectivity index (χ2n) is 4.63. The molecule has 7 heteroatoms. The van der Waals surface area contributed by atoms with Gasteiger partial charge in [-0.25, -0.2) is 14.5 Å². The van der Waals surface area contributed by atoms with Crippen LogP contribution in [0.5, 0.6) is 0 Å². The van der Waals surface area contributed by atoms with Gasteiger partial charge in [-0.3, -0.25) is 0 Å². The van der Waals surface area contributed by atoms with Crippen LogP contribution in [0.2, 0.25) is 5.15 Å². The highest BCUT2D eigenvalue weighted by atomic mass is 35.5. The molecular formula is C13H14ClN3O3. The first-order valence-corrected chi connectivity index (χ1v) is 6.82. The lowest BCUT2D eigenvalue weighted by molar-refractivity contribution is -0.0366. The third kappa shape index (κ3) is 2.25. The van der Waals surface area contributed by atoms with Crippen LogP contribution in [0.25, 0.3) is 10.9 Å². The molecule has 106 valence electrons. The number of rotatable bonds is 2. The molecule has 2 aromatic heterocycles. The van der Waals surface area contributed by atoms with Gasteiger partial charge < -0.3 is 9.47 Å². The maximum atomic E-state index is 11.8. The van der Waals surface area contributed by atoms with Gasteiger partial charge in [-0.15, -0.1) is 0 Å². The van der Waals surface area contributed by atoms with Crippen LogP contribution in [-0.4, -0.2) is 34.5 Å². The van der Waals surface area contributed by atoms with E-state index in [4.69, 9.17) is 21.1 Å². The number of hydrogen-bond acceptors (Lipinski definition) is 5. The lowest BCUT2D eigenvalue weighted by atomic mass is 10.2. The Labute approximate surface area is 120 Å². The first-order chi connectivity index (χ1) is 9.70. The van der Waals surface area contributed by atoms with Crippen molar-refractivity contribution in [3.05, 3.63) is 23.1 Å². The zero-order valence-electron chi connectivity index (χ0n) is 11.0. The standard InChI is InChI=1S/C13H14ClN3O3/c1-19-13(18)12-8-7-15-17(9(8)6-10(14)16-12)11-4-2-3-5-20-11/h6-7,11H,2-5H2,1H3. The van der Waals surface area contributed by atoms with Crippen LogP contribution < -0.4 is 0 Å². The van der Waals surface area contributed by atoms with Crippen LogP contribution in [0.15, 0.2) is 12.3 Å². The number of ether oxygens (including phenoxy) is 2. The number of aromatic nitrogens is 3. The number of nitrogens with zero attached hydrogens (tertiary/aromatic N) is 3. The Morgan fingerprint density at radius 1 is 1.55 bits per heavy atom. The Hall–Kier alpha value is -1.66. The van der Waals surface area contributed by atoms with Gasteiger partial charge in [0.05, 0.1) is 24.2 Å². The third-order valence-corrected chi connectivity index (χ3v) is 3.56. The van der Waals surface area contributed by atoms with Gasteiger partial charge in [0.15, 0.2) is 11.9 Å². The number of carbonyl (C=O) groups excluding carboxylic acids is 1. The van der Waals surface area contributed by atoms with Crippen LogP contribution >= 0.6 is 11.6 Å². The van der Waals surface area contributed by atoms with Crippen molar-refractivity contribution in [1.29, 1.82) is 0 Å². The number of carbonyl (C=O) groups is 1. The third-order valence-electron chi connectivity index (χ3n) is 3.37. The highest BCUT2D eigenvalue weighted by Gasteiger charge is 2.22. The van der Waals surface area contributed by atoms with Gasteiger partial charge in [0, 0.05) is 12.7 Å². The fourth-order valence-corrected chi connectivity index (χ4v) is 2.60. The fraction of sp³-hybridized carbons (Fsp3) is 0.462. The number of halogens is 1. The molecule has 20 heavy (non-hydrogen) atoms. The predicted molar refractivity (Wildman–Crippen MR) is 72.7 cm³/mol. The van der Waals surface area contributed by atoms with Crippen molar-refractivity contribution < 1.29 is 14.3 Å². The molecule has 1 aliphatic heterocycles. The molecule has 1 fully saturated rings. The van der Waals surface area contributed by atoms with Crippen molar-refractivity contribution in [3.8, 4) is 0 Å². The van der Waals surface area contributed by atoms with Crippen molar-refractivity contribution in [2.24, 2.45) is 0 Å². The highest BCUT2D eigenvalue weighted by molar-refractivity contribution is 6.30. The Kier molecular flexibility index (Phi) is 3.58. The summed E-state index contributed by atoms with van der Waals surface area (Å²) in [5.41, 5.74) is 0.911. The van der Waals surface area contributed by atoms with E-state index in [9.17, 15) is 4.79 Å². The fourth-order valence-electron chi connectivity index (χ4n) is 2.41. The Balaban J connectivity index is 2.11. The first kappa shape index (κ1) is 13.3. The quantitative estimate of drug-likeness (QED) is 0.629. The van der Waals surface area contributed by atoms with Gasteiger partial charge in [-0.2, -0.15) is 5.10 Å². The van der Waals surface area contributed by atoms with Crippen LogP contribution in [0.3, 0.4) is 0 Å². The van der Waals surface area contributed by atoms with Crippen molar-refractivity contribution in [2.75, 3.05) is 13.7 Å². The van der Waals surface area contributed by atoms with Crippen molar-refractivity contribution in [3.63, 3.8) is 0 Å². The van der Waals surface area contributed by atoms with Gasteiger partial charge in [0.25, 0.3) is 0 Å². The van der Waals surface area contributed by atoms with Gasteiger partial charge in [-0.05, 0) is 19.3 Å². The summed E-state index contributed by atoms with van der Waals surface area (Å²) in [4.78, 5) is 15.8. The maximum Gasteiger partial charge on any atom is 0.357 e. The lowest BCUT2D eigenvalue weighted by Crippen LogP contribution is -2.19. The molecule has 1 unspecified atom stereocenters. The van der Waals surface area contributed by atoms with Crippen LogP contribution in [-0.2, 0) is 9.47 Å². The number of esters is 1. The van der Waals surface area contributed by atoms with Gasteiger partial charge in [0.2, 0.25) is 0 Å². The number of pyridine rings is 1. The average molecular weight is 296 g/mol. The topological polar surface area (TPSA) is 66.2 Å². The highest BCUT2D eigenvalue weighted by Crippen LogP contribution is 2.28. The lowest BCUT2D eigenvalue weighted by Gasteiger charge is -2.23. The molecule has 0 radical (unpaired) electrons. The summed E-state index contributed by atoms with van der Waals surface area (Å²) >= 11 is 5.99. The van der Waals surface area contributed by atoms with Crippen molar-refractivity contribution in [1.82, 2.24) is 14.8 Å². The summed E-state index contributed by atoms with van der Waals surface area (Å²) in [6.07, 6.45) is 4.53. The smallest absolute Gasteiger partial charge is 0.357 e. The van der Waals surface area contributed by atoms with E-state index in [1.807, 2.05) is 0 Å². The zero-order chi connectivity index (χ0) is 14.1. The molecule has 0 amide bonds. The van der Waals surface area contributed by atoms with E-state index in [1.54, 1.807) is 16.9 Å². The zero-order valence-corrected chi connectivity index (χ0v) is 11.8. The maximum absolute atomic E-state index is 11.8. The molecule has 3 rings (SSSR count). The largest absolute Gasteiger partial charge is 0.464 e. The molecule has 3 heterocycles. The van der Waals surface area contributed by atoms with Crippen molar-refractivity contribution in [2.45, 2.75) is 25.5 Å². The SMILES string of the molecule is COC(=O)c1nc(Cl)cc2c1cnn2C1CCCCO1. The predicted octanol–water partition coefficient (Wildman–Crippen LogP) is 2.57. The number of methoxy groups -OCH3 is 1. The number of hydrogen-bond donors (Lipinski definition) is 0. The summed E-state index contributed by atoms with van der Waals surface area (Å²) in [5, 5.41) is 5.18. The molecule has 6 nitrogen and oxygen atoms in total. The van der Waals surface area contributed by atoms with Crippen molar-refractivity contribution >= 4 is 28.5 Å². The molecule has 1 aliphatic rings. The minimum Gasteiger partial charge on any atom is -0.464 e. The first-order valence-electron chi connectivity index (χ1n) is 6.44. The van der Waals surface area contributed by atoms with E-state index in [0.717, 1.165) is 24.8 Å². The van der Waals surface area contributed by atoms with Crippen LogP contribution in [0.1, 0.15) is 36.0 Å². The Bertz CT molecular complexity index is 650. The summed E-state index contributed by atoms with van der Waals surface area (Å²) in [6.45, 7) is 0.717. The molecule has 0 aromatic carbocycles. The normalized spacial score (nSPS) is 19.2. The average Bonchev–Trinajstić information content (AvgIpc) is 2.90. The Morgan fingerprint density at radius 2 is 2.40 bits per heavy atom. The Morgan fingerprint density at radius 3 is 3.10 bits per heavy atom. The van der Waals surface area contributed by atoms with Gasteiger partial charge in [-0.1, -0.05) is 11.6 Å². The van der Waals surface area contributed by atoms with E-state index in [2.05, 4.69) is 10.1 Å². The van der Waals surface area contributed by atoms with E-state index in [0.29, 0.717) is 12.0 Å². The van der Waals surface area contributed by atoms with E-state index in [-0.39, 0.29) is 17.1 Å². The minimum absolute atomic E-state index is 0.120. The molecule has 0 bridgehead atoms. The molecule has 0 saturated carbocycles. The molecule has 1 saturated heterocycles. The molecule has 0 N–H and O–H groups in total. The van der Waals surface area contributed by atoms with E-state index in [1.165, 1.54) is 7.11 Å². The summed E-state index contributed by atoms with van der Waals surface area (Å²) < 4.78 is 12.2. The second-order valence-corrected chi connectivity index (χ2v) is 5.02. The second kappa shape index (κ2) is 5.38. The molecule has 2 aromatic rings. The minimum atomic E-state index is -0.526. The van der Waals surface area contributed by atoms with Gasteiger partial charge >= 0.3 is 5.97 Å². The van der Waals surface area contributed by atoms with E-state index < -0.39 is 5.97 Å².